The van der Waals surface area contributed by atoms with Gasteiger partial charge in [-0.25, -0.2) is 4.79 Å². The highest BCUT2D eigenvalue weighted by atomic mass is 16.5. The molecule has 2 N–H and O–H groups in total. The Morgan fingerprint density at radius 1 is 1.35 bits per heavy atom. The highest BCUT2D eigenvalue weighted by Gasteiger charge is 2.48. The van der Waals surface area contributed by atoms with Crippen molar-refractivity contribution in [3.63, 3.8) is 0 Å². The number of aromatic nitrogens is 1. The van der Waals surface area contributed by atoms with Gasteiger partial charge >= 0.3 is 5.97 Å². The predicted octanol–water partition coefficient (Wildman–Crippen LogP) is 1.58. The Balaban J connectivity index is 1.97. The number of piperidine rings is 1. The summed E-state index contributed by atoms with van der Waals surface area (Å²) >= 11 is 0. The van der Waals surface area contributed by atoms with Crippen LogP contribution in [0.1, 0.15) is 37.3 Å². The summed E-state index contributed by atoms with van der Waals surface area (Å²) in [5.74, 6) is -0.117. The summed E-state index contributed by atoms with van der Waals surface area (Å²) in [6.45, 7) is 0. The molecule has 2 fully saturated rings. The number of aromatic amines is 1. The smallest absolute Gasteiger partial charge is 0.329 e. The molecule has 1 saturated carbocycles. The lowest BCUT2D eigenvalue weighted by atomic mass is 9.66. The van der Waals surface area contributed by atoms with Gasteiger partial charge in [-0.3, -0.25) is 4.79 Å². The molecule has 5 heteroatoms. The fourth-order valence-electron chi connectivity index (χ4n) is 3.81. The lowest BCUT2D eigenvalue weighted by Crippen LogP contribution is -2.57. The molecule has 2 heterocycles. The summed E-state index contributed by atoms with van der Waals surface area (Å²) in [5, 5.41) is 2.87. The largest absolute Gasteiger partial charge is 0.467 e. The van der Waals surface area contributed by atoms with Gasteiger partial charge in [0, 0.05) is 23.7 Å². The zero-order valence-electron chi connectivity index (χ0n) is 11.6. The van der Waals surface area contributed by atoms with Crippen molar-refractivity contribution in [1.29, 1.82) is 0 Å². The summed E-state index contributed by atoms with van der Waals surface area (Å²) in [7, 11) is 1.37. The number of fused-ring (bicyclic) bond motifs is 1. The quantitative estimate of drug-likeness (QED) is 0.806. The molecular weight excluding hydrogens is 256 g/mol. The van der Waals surface area contributed by atoms with Crippen molar-refractivity contribution in [2.24, 2.45) is 11.8 Å². The van der Waals surface area contributed by atoms with Gasteiger partial charge in [-0.1, -0.05) is 12.8 Å². The highest BCUT2D eigenvalue weighted by Crippen LogP contribution is 2.44. The lowest BCUT2D eigenvalue weighted by Gasteiger charge is -2.43. The number of esters is 1. The summed E-state index contributed by atoms with van der Waals surface area (Å²) in [5.41, 5.74) is 1.01. The van der Waals surface area contributed by atoms with Gasteiger partial charge in [-0.2, -0.15) is 0 Å². The average Bonchev–Trinajstić information content (AvgIpc) is 3.00. The second-order valence-electron chi connectivity index (χ2n) is 5.72. The Morgan fingerprint density at radius 3 is 2.85 bits per heavy atom. The normalized spacial score (nSPS) is 33.1. The van der Waals surface area contributed by atoms with Gasteiger partial charge in [0.2, 0.25) is 5.91 Å². The number of ether oxygens (including phenoxy) is 1. The standard InChI is InChI=1S/C15H20N2O3/c1-20-15(19)13-12(11-7-4-8-16-11)9-5-2-3-6-10(9)14(18)17-13/h4,7-10,12-13,16H,2-3,5-6H2,1H3,(H,17,18). The Hall–Kier alpha value is -1.78. The van der Waals surface area contributed by atoms with E-state index in [-0.39, 0.29) is 29.6 Å². The second-order valence-corrected chi connectivity index (χ2v) is 5.72. The summed E-state index contributed by atoms with van der Waals surface area (Å²) in [6, 6.07) is 3.34. The molecule has 1 aliphatic carbocycles. The molecule has 0 bridgehead atoms. The van der Waals surface area contributed by atoms with Crippen LogP contribution in [0.15, 0.2) is 18.3 Å². The second kappa shape index (κ2) is 5.31. The zero-order valence-corrected chi connectivity index (χ0v) is 11.6. The number of H-pyrrole nitrogens is 1. The molecule has 4 unspecified atom stereocenters. The van der Waals surface area contributed by atoms with Crippen molar-refractivity contribution in [2.75, 3.05) is 7.11 Å². The number of carbonyl (C=O) groups excluding carboxylic acids is 2. The van der Waals surface area contributed by atoms with Crippen LogP contribution < -0.4 is 5.32 Å². The van der Waals surface area contributed by atoms with Crippen molar-refractivity contribution in [3.05, 3.63) is 24.0 Å². The van der Waals surface area contributed by atoms with Crippen LogP contribution in [0.2, 0.25) is 0 Å². The number of rotatable bonds is 2. The topological polar surface area (TPSA) is 71.2 Å². The highest BCUT2D eigenvalue weighted by molar-refractivity contribution is 5.88. The van der Waals surface area contributed by atoms with E-state index >= 15 is 0 Å². The van der Waals surface area contributed by atoms with Gasteiger partial charge in [0.15, 0.2) is 0 Å². The van der Waals surface area contributed by atoms with E-state index in [9.17, 15) is 9.59 Å². The maximum Gasteiger partial charge on any atom is 0.329 e. The predicted molar refractivity (Wildman–Crippen MR) is 72.9 cm³/mol. The van der Waals surface area contributed by atoms with Crippen LogP contribution in [0.5, 0.6) is 0 Å². The minimum Gasteiger partial charge on any atom is -0.467 e. The van der Waals surface area contributed by atoms with Crippen LogP contribution in [0.3, 0.4) is 0 Å². The summed E-state index contributed by atoms with van der Waals surface area (Å²) in [4.78, 5) is 27.5. The van der Waals surface area contributed by atoms with Gasteiger partial charge in [0.25, 0.3) is 0 Å². The third kappa shape index (κ3) is 2.11. The maximum absolute atomic E-state index is 12.2. The van der Waals surface area contributed by atoms with Crippen molar-refractivity contribution >= 4 is 11.9 Å². The lowest BCUT2D eigenvalue weighted by molar-refractivity contribution is -0.151. The van der Waals surface area contributed by atoms with Crippen LogP contribution in [0, 0.1) is 11.8 Å². The van der Waals surface area contributed by atoms with Crippen molar-refractivity contribution in [3.8, 4) is 0 Å². The number of hydrogen-bond donors (Lipinski definition) is 2. The first-order valence-electron chi connectivity index (χ1n) is 7.24. The number of nitrogens with one attached hydrogen (secondary N) is 2. The van der Waals surface area contributed by atoms with E-state index in [2.05, 4.69) is 10.3 Å². The molecule has 1 aromatic rings. The third-order valence-corrected chi connectivity index (χ3v) is 4.71. The van der Waals surface area contributed by atoms with E-state index in [1.54, 1.807) is 0 Å². The average molecular weight is 276 g/mol. The monoisotopic (exact) mass is 276 g/mol. The molecule has 5 nitrogen and oxygen atoms in total. The molecule has 0 spiro atoms. The van der Waals surface area contributed by atoms with E-state index < -0.39 is 6.04 Å². The van der Waals surface area contributed by atoms with Crippen molar-refractivity contribution < 1.29 is 14.3 Å². The molecule has 0 aromatic carbocycles. The zero-order chi connectivity index (χ0) is 14.1. The van der Waals surface area contributed by atoms with Crippen molar-refractivity contribution in [2.45, 2.75) is 37.6 Å². The first-order chi connectivity index (χ1) is 9.72. The molecule has 0 radical (unpaired) electrons. The van der Waals surface area contributed by atoms with E-state index in [0.29, 0.717) is 0 Å². The minimum absolute atomic E-state index is 0.00732. The molecule has 3 rings (SSSR count). The Labute approximate surface area is 118 Å². The Kier molecular flexibility index (Phi) is 3.51. The number of hydrogen-bond acceptors (Lipinski definition) is 3. The fourth-order valence-corrected chi connectivity index (χ4v) is 3.81. The fraction of sp³-hybridized carbons (Fsp3) is 0.600. The van der Waals surface area contributed by atoms with Crippen LogP contribution >= 0.6 is 0 Å². The molecule has 4 atom stereocenters. The van der Waals surface area contributed by atoms with Crippen LogP contribution in [-0.2, 0) is 14.3 Å². The first kappa shape index (κ1) is 13.2. The molecule has 1 saturated heterocycles. The third-order valence-electron chi connectivity index (χ3n) is 4.71. The molecule has 2 aliphatic rings. The van der Waals surface area contributed by atoms with Crippen LogP contribution in [-0.4, -0.2) is 30.0 Å². The Bertz CT molecular complexity index is 497. The van der Waals surface area contributed by atoms with E-state index in [1.807, 2.05) is 18.3 Å². The summed E-state index contributed by atoms with van der Waals surface area (Å²) < 4.78 is 4.88. The van der Waals surface area contributed by atoms with Gasteiger partial charge in [0.1, 0.15) is 6.04 Å². The first-order valence-corrected chi connectivity index (χ1v) is 7.24. The maximum atomic E-state index is 12.2. The van der Waals surface area contributed by atoms with Crippen molar-refractivity contribution in [1.82, 2.24) is 10.3 Å². The molecule has 1 aliphatic heterocycles. The molecule has 1 amide bonds. The van der Waals surface area contributed by atoms with E-state index in [1.165, 1.54) is 7.11 Å². The molecule has 20 heavy (non-hydrogen) atoms. The summed E-state index contributed by atoms with van der Waals surface area (Å²) in [6.07, 6.45) is 5.99. The number of carbonyl (C=O) groups is 2. The Morgan fingerprint density at radius 2 is 2.15 bits per heavy atom. The SMILES string of the molecule is COC(=O)C1NC(=O)C2CCCCC2C1c1ccc[nH]1. The molecular formula is C15H20N2O3. The number of methoxy groups -OCH3 is 1. The van der Waals surface area contributed by atoms with Gasteiger partial charge < -0.3 is 15.0 Å². The number of amides is 1. The van der Waals surface area contributed by atoms with Gasteiger partial charge in [0.05, 0.1) is 7.11 Å². The minimum atomic E-state index is -0.578. The van der Waals surface area contributed by atoms with Crippen LogP contribution in [0.25, 0.3) is 0 Å². The van der Waals surface area contributed by atoms with E-state index in [4.69, 9.17) is 4.74 Å². The van der Waals surface area contributed by atoms with Gasteiger partial charge in [-0.15, -0.1) is 0 Å². The molecule has 108 valence electrons. The van der Waals surface area contributed by atoms with E-state index in [0.717, 1.165) is 31.4 Å². The van der Waals surface area contributed by atoms with Crippen LogP contribution in [0.4, 0.5) is 0 Å². The van der Waals surface area contributed by atoms with Gasteiger partial charge in [-0.05, 0) is 30.9 Å². The molecule has 1 aromatic heterocycles.